The maximum atomic E-state index is 14.4. The molecule has 0 saturated carbocycles. The number of halogens is 3. The highest BCUT2D eigenvalue weighted by Crippen LogP contribution is 2.35. The van der Waals surface area contributed by atoms with E-state index in [9.17, 15) is 13.6 Å². The van der Waals surface area contributed by atoms with Gasteiger partial charge in [-0.25, -0.2) is 23.3 Å². The number of aromatic nitrogens is 2. The van der Waals surface area contributed by atoms with Gasteiger partial charge in [0.25, 0.3) is 0 Å². The molecule has 1 aromatic heterocycles. The normalized spacial score (nSPS) is 14.4. The van der Waals surface area contributed by atoms with Crippen molar-refractivity contribution in [3.8, 4) is 16.9 Å². The smallest absolute Gasteiger partial charge is 0.333 e. The summed E-state index contributed by atoms with van der Waals surface area (Å²) in [7, 11) is 0. The van der Waals surface area contributed by atoms with Gasteiger partial charge in [-0.05, 0) is 24.3 Å². The van der Waals surface area contributed by atoms with Gasteiger partial charge in [-0.2, -0.15) is 5.10 Å². The van der Waals surface area contributed by atoms with Gasteiger partial charge < -0.3 is 15.8 Å². The quantitative estimate of drug-likeness (QED) is 0.568. The number of morpholine rings is 1. The number of hydrazine groups is 1. The molecule has 1 fully saturated rings. The van der Waals surface area contributed by atoms with E-state index in [2.05, 4.69) is 15.8 Å². The minimum atomic E-state index is -0.720. The Bertz CT molecular complexity index is 1100. The van der Waals surface area contributed by atoms with E-state index in [1.54, 1.807) is 29.3 Å². The molecule has 31 heavy (non-hydrogen) atoms. The SMILES string of the molecule is Nc1c(NC(=O)NN2CCOCC2)c(-c2ccc(Cl)cc2)nn1-c1cc(F)ccc1F. The summed E-state index contributed by atoms with van der Waals surface area (Å²) in [6.07, 6.45) is 0. The minimum Gasteiger partial charge on any atom is -0.382 e. The van der Waals surface area contributed by atoms with Crippen molar-refractivity contribution in [2.45, 2.75) is 0 Å². The van der Waals surface area contributed by atoms with Gasteiger partial charge in [0.1, 0.15) is 28.7 Å². The first-order valence-electron chi connectivity index (χ1n) is 9.42. The Morgan fingerprint density at radius 2 is 1.84 bits per heavy atom. The van der Waals surface area contributed by atoms with Crippen LogP contribution in [0.3, 0.4) is 0 Å². The number of amides is 2. The molecule has 2 aromatic carbocycles. The number of hydrogen-bond donors (Lipinski definition) is 3. The number of carbonyl (C=O) groups is 1. The van der Waals surface area contributed by atoms with Crippen molar-refractivity contribution in [1.29, 1.82) is 0 Å². The third kappa shape index (κ3) is 4.61. The van der Waals surface area contributed by atoms with Crippen molar-refractivity contribution in [1.82, 2.24) is 20.2 Å². The predicted molar refractivity (Wildman–Crippen MR) is 113 cm³/mol. The number of hydrogen-bond acceptors (Lipinski definition) is 5. The first kappa shape index (κ1) is 21.0. The molecule has 1 aliphatic rings. The van der Waals surface area contributed by atoms with Crippen LogP contribution < -0.4 is 16.5 Å². The van der Waals surface area contributed by atoms with Gasteiger partial charge >= 0.3 is 6.03 Å². The number of ether oxygens (including phenoxy) is 1. The average molecular weight is 449 g/mol. The summed E-state index contributed by atoms with van der Waals surface area (Å²) in [6.45, 7) is 2.05. The molecule has 3 aromatic rings. The lowest BCUT2D eigenvalue weighted by Gasteiger charge is -2.26. The van der Waals surface area contributed by atoms with Gasteiger partial charge in [0.15, 0.2) is 5.82 Å². The lowest BCUT2D eigenvalue weighted by atomic mass is 10.1. The molecule has 0 bridgehead atoms. The average Bonchev–Trinajstić information content (AvgIpc) is 3.07. The first-order valence-corrected chi connectivity index (χ1v) is 9.80. The second-order valence-electron chi connectivity index (χ2n) is 6.79. The monoisotopic (exact) mass is 448 g/mol. The van der Waals surface area contributed by atoms with Crippen molar-refractivity contribution in [3.05, 3.63) is 59.1 Å². The highest BCUT2D eigenvalue weighted by atomic mass is 35.5. The number of nitrogen functional groups attached to an aromatic ring is 1. The Hall–Kier alpha value is -3.21. The van der Waals surface area contributed by atoms with E-state index in [4.69, 9.17) is 22.1 Å². The Kier molecular flexibility index (Phi) is 6.03. The zero-order valence-electron chi connectivity index (χ0n) is 16.2. The number of rotatable bonds is 4. The number of nitrogens with one attached hydrogen (secondary N) is 2. The summed E-state index contributed by atoms with van der Waals surface area (Å²) in [6, 6.07) is 9.05. The Balaban J connectivity index is 1.72. The minimum absolute atomic E-state index is 0.0634. The Morgan fingerprint density at radius 3 is 2.55 bits per heavy atom. The molecule has 2 amide bonds. The van der Waals surface area contributed by atoms with E-state index < -0.39 is 17.7 Å². The molecule has 0 unspecified atom stereocenters. The van der Waals surface area contributed by atoms with Crippen molar-refractivity contribution in [2.24, 2.45) is 0 Å². The van der Waals surface area contributed by atoms with Crippen LogP contribution in [0, 0.1) is 11.6 Å². The van der Waals surface area contributed by atoms with Gasteiger partial charge in [0.05, 0.1) is 13.2 Å². The van der Waals surface area contributed by atoms with Crippen LogP contribution in [-0.2, 0) is 4.74 Å². The molecule has 0 spiro atoms. The second kappa shape index (κ2) is 8.88. The summed E-state index contributed by atoms with van der Waals surface area (Å²) in [5.41, 5.74) is 9.73. The maximum absolute atomic E-state index is 14.4. The topological polar surface area (TPSA) is 97.4 Å². The number of urea groups is 1. The molecule has 8 nitrogen and oxygen atoms in total. The molecule has 4 rings (SSSR count). The van der Waals surface area contributed by atoms with E-state index >= 15 is 0 Å². The zero-order chi connectivity index (χ0) is 22.0. The van der Waals surface area contributed by atoms with Crippen molar-refractivity contribution < 1.29 is 18.3 Å². The third-order valence-electron chi connectivity index (χ3n) is 4.68. The number of benzene rings is 2. The summed E-state index contributed by atoms with van der Waals surface area (Å²) in [5, 5.41) is 9.23. The van der Waals surface area contributed by atoms with E-state index in [0.29, 0.717) is 36.9 Å². The van der Waals surface area contributed by atoms with E-state index in [-0.39, 0.29) is 22.9 Å². The van der Waals surface area contributed by atoms with Crippen LogP contribution >= 0.6 is 11.6 Å². The molecule has 162 valence electrons. The fourth-order valence-corrected chi connectivity index (χ4v) is 3.28. The second-order valence-corrected chi connectivity index (χ2v) is 7.23. The van der Waals surface area contributed by atoms with E-state index in [1.165, 1.54) is 0 Å². The van der Waals surface area contributed by atoms with Crippen LogP contribution in [0.1, 0.15) is 0 Å². The van der Waals surface area contributed by atoms with E-state index in [0.717, 1.165) is 22.9 Å². The lowest BCUT2D eigenvalue weighted by molar-refractivity contribution is 0.0207. The molecule has 11 heteroatoms. The third-order valence-corrected chi connectivity index (χ3v) is 4.94. The van der Waals surface area contributed by atoms with Crippen LogP contribution in [0.2, 0.25) is 5.02 Å². The van der Waals surface area contributed by atoms with Crippen LogP contribution in [0.25, 0.3) is 16.9 Å². The lowest BCUT2D eigenvalue weighted by Crippen LogP contribution is -2.49. The van der Waals surface area contributed by atoms with Gasteiger partial charge in [0.2, 0.25) is 0 Å². The molecule has 2 heterocycles. The van der Waals surface area contributed by atoms with Gasteiger partial charge in [-0.1, -0.05) is 23.7 Å². The molecular weight excluding hydrogens is 430 g/mol. The van der Waals surface area contributed by atoms with Crippen LogP contribution in [0.15, 0.2) is 42.5 Å². The highest BCUT2D eigenvalue weighted by Gasteiger charge is 2.23. The summed E-state index contributed by atoms with van der Waals surface area (Å²) >= 11 is 5.97. The van der Waals surface area contributed by atoms with Crippen molar-refractivity contribution >= 4 is 29.1 Å². The van der Waals surface area contributed by atoms with Crippen molar-refractivity contribution in [2.75, 3.05) is 37.4 Å². The standard InChI is InChI=1S/C20H19ClF2N6O2/c21-13-3-1-12(2-4-13)17-18(25-20(30)27-28-7-9-31-10-8-28)19(24)29(26-17)16-11-14(22)5-6-15(16)23/h1-6,11H,7-10,24H2,(H2,25,27,30). The predicted octanol–water partition coefficient (Wildman–Crippen LogP) is 3.42. The van der Waals surface area contributed by atoms with Crippen LogP contribution in [-0.4, -0.2) is 47.1 Å². The van der Waals surface area contributed by atoms with Crippen molar-refractivity contribution in [3.63, 3.8) is 0 Å². The summed E-state index contributed by atoms with van der Waals surface area (Å²) in [4.78, 5) is 12.6. The molecule has 0 atom stereocenters. The Labute approximate surface area is 181 Å². The molecule has 0 radical (unpaired) electrons. The number of carbonyl (C=O) groups excluding carboxylic acids is 1. The number of nitrogens with two attached hydrogens (primary N) is 1. The highest BCUT2D eigenvalue weighted by molar-refractivity contribution is 6.30. The maximum Gasteiger partial charge on any atom is 0.333 e. The largest absolute Gasteiger partial charge is 0.382 e. The van der Waals surface area contributed by atoms with Gasteiger partial charge in [0, 0.05) is 29.7 Å². The fourth-order valence-electron chi connectivity index (χ4n) is 3.16. The van der Waals surface area contributed by atoms with Crippen LogP contribution in [0.4, 0.5) is 25.1 Å². The first-order chi connectivity index (χ1) is 14.9. The molecule has 0 aliphatic carbocycles. The number of anilines is 2. The van der Waals surface area contributed by atoms with E-state index in [1.807, 2.05) is 0 Å². The summed E-state index contributed by atoms with van der Waals surface area (Å²) < 4.78 is 34.4. The molecule has 1 saturated heterocycles. The number of nitrogens with zero attached hydrogens (tertiary/aromatic N) is 3. The summed E-state index contributed by atoms with van der Waals surface area (Å²) in [5.74, 6) is -1.44. The molecular formula is C20H19ClF2N6O2. The molecule has 1 aliphatic heterocycles. The van der Waals surface area contributed by atoms with Gasteiger partial charge in [-0.3, -0.25) is 5.43 Å². The van der Waals surface area contributed by atoms with Gasteiger partial charge in [-0.15, -0.1) is 0 Å². The molecule has 4 N–H and O–H groups in total. The Morgan fingerprint density at radius 1 is 1.13 bits per heavy atom. The van der Waals surface area contributed by atoms with Crippen LogP contribution in [0.5, 0.6) is 0 Å². The zero-order valence-corrected chi connectivity index (χ0v) is 17.0. The fraction of sp³-hybridized carbons (Fsp3) is 0.200.